The standard InChI is InChI=1S/C10H13F2NO/c1-13(2)10(6-14)8-4-3-7(11)5-9(8)12/h3-5,10,14H,6H2,1-2H3/t10-/m0/s1. The zero-order chi connectivity index (χ0) is 10.7. The Balaban J connectivity index is 3.04. The number of benzene rings is 1. The van der Waals surface area contributed by atoms with Gasteiger partial charge >= 0.3 is 0 Å². The fraction of sp³-hybridized carbons (Fsp3) is 0.400. The summed E-state index contributed by atoms with van der Waals surface area (Å²) in [7, 11) is 3.45. The lowest BCUT2D eigenvalue weighted by molar-refractivity contribution is 0.167. The third-order valence-electron chi connectivity index (χ3n) is 2.12. The van der Waals surface area contributed by atoms with Crippen molar-refractivity contribution in [2.45, 2.75) is 6.04 Å². The molecule has 0 fully saturated rings. The number of nitrogens with zero attached hydrogens (tertiary/aromatic N) is 1. The molecule has 0 radical (unpaired) electrons. The van der Waals surface area contributed by atoms with E-state index in [1.165, 1.54) is 12.1 Å². The summed E-state index contributed by atoms with van der Waals surface area (Å²) in [4.78, 5) is 1.68. The van der Waals surface area contributed by atoms with E-state index in [-0.39, 0.29) is 6.61 Å². The van der Waals surface area contributed by atoms with Crippen LogP contribution < -0.4 is 0 Å². The first-order valence-electron chi connectivity index (χ1n) is 4.28. The van der Waals surface area contributed by atoms with Crippen LogP contribution >= 0.6 is 0 Å². The molecule has 14 heavy (non-hydrogen) atoms. The molecule has 0 bridgehead atoms. The number of hydrogen-bond acceptors (Lipinski definition) is 2. The van der Waals surface area contributed by atoms with E-state index < -0.39 is 17.7 Å². The van der Waals surface area contributed by atoms with Crippen LogP contribution in [0.4, 0.5) is 8.78 Å². The van der Waals surface area contributed by atoms with Crippen molar-refractivity contribution in [3.05, 3.63) is 35.4 Å². The first-order chi connectivity index (χ1) is 6.56. The van der Waals surface area contributed by atoms with Gasteiger partial charge in [0.15, 0.2) is 0 Å². The van der Waals surface area contributed by atoms with Gasteiger partial charge in [-0.3, -0.25) is 0 Å². The van der Waals surface area contributed by atoms with E-state index in [4.69, 9.17) is 5.11 Å². The summed E-state index contributed by atoms with van der Waals surface area (Å²) in [5.41, 5.74) is 0.305. The lowest BCUT2D eigenvalue weighted by atomic mass is 10.1. The van der Waals surface area contributed by atoms with E-state index >= 15 is 0 Å². The molecule has 0 aliphatic rings. The second kappa shape index (κ2) is 4.48. The van der Waals surface area contributed by atoms with Gasteiger partial charge in [0.2, 0.25) is 0 Å². The summed E-state index contributed by atoms with van der Waals surface area (Å²) >= 11 is 0. The molecule has 0 aliphatic carbocycles. The van der Waals surface area contributed by atoms with Crippen LogP contribution in [0.15, 0.2) is 18.2 Å². The van der Waals surface area contributed by atoms with E-state index in [1.54, 1.807) is 19.0 Å². The van der Waals surface area contributed by atoms with Gasteiger partial charge in [-0.1, -0.05) is 6.07 Å². The maximum absolute atomic E-state index is 13.3. The Morgan fingerprint density at radius 1 is 1.36 bits per heavy atom. The van der Waals surface area contributed by atoms with Crippen LogP contribution in [-0.4, -0.2) is 30.7 Å². The maximum atomic E-state index is 13.3. The highest BCUT2D eigenvalue weighted by atomic mass is 19.1. The smallest absolute Gasteiger partial charge is 0.130 e. The van der Waals surface area contributed by atoms with E-state index in [9.17, 15) is 8.78 Å². The van der Waals surface area contributed by atoms with Crippen LogP contribution in [0.3, 0.4) is 0 Å². The minimum absolute atomic E-state index is 0.199. The molecule has 0 heterocycles. The number of aliphatic hydroxyl groups is 1. The summed E-state index contributed by atoms with van der Waals surface area (Å²) in [5, 5.41) is 9.04. The molecule has 1 atom stereocenters. The molecule has 1 aromatic rings. The second-order valence-corrected chi connectivity index (χ2v) is 3.33. The Kier molecular flexibility index (Phi) is 3.55. The van der Waals surface area contributed by atoms with Crippen molar-refractivity contribution in [3.8, 4) is 0 Å². The van der Waals surface area contributed by atoms with Crippen LogP contribution in [0.5, 0.6) is 0 Å². The Hall–Kier alpha value is -1.00. The third-order valence-corrected chi connectivity index (χ3v) is 2.12. The van der Waals surface area contributed by atoms with Crippen molar-refractivity contribution in [3.63, 3.8) is 0 Å². The summed E-state index contributed by atoms with van der Waals surface area (Å²) in [6.45, 7) is -0.199. The Labute approximate surface area is 81.8 Å². The molecule has 0 saturated heterocycles. The quantitative estimate of drug-likeness (QED) is 0.802. The molecule has 0 aliphatic heterocycles. The normalized spacial score (nSPS) is 13.3. The van der Waals surface area contributed by atoms with Gasteiger partial charge in [0.25, 0.3) is 0 Å². The van der Waals surface area contributed by atoms with Gasteiger partial charge in [-0.25, -0.2) is 8.78 Å². The minimum atomic E-state index is -0.627. The van der Waals surface area contributed by atoms with Crippen LogP contribution in [0.2, 0.25) is 0 Å². The Bertz CT molecular complexity index is 315. The molecule has 0 unspecified atom stereocenters. The van der Waals surface area contributed by atoms with E-state index in [2.05, 4.69) is 0 Å². The van der Waals surface area contributed by atoms with Crippen molar-refractivity contribution in [2.75, 3.05) is 20.7 Å². The van der Waals surface area contributed by atoms with Crippen molar-refractivity contribution in [1.29, 1.82) is 0 Å². The number of rotatable bonds is 3. The molecule has 78 valence electrons. The van der Waals surface area contributed by atoms with Crippen molar-refractivity contribution in [1.82, 2.24) is 4.90 Å². The fourth-order valence-corrected chi connectivity index (χ4v) is 1.31. The summed E-state index contributed by atoms with van der Waals surface area (Å²) in [6, 6.07) is 2.92. The molecule has 1 aromatic carbocycles. The summed E-state index contributed by atoms with van der Waals surface area (Å²) < 4.78 is 25.9. The van der Waals surface area contributed by atoms with Crippen molar-refractivity contribution in [2.24, 2.45) is 0 Å². The van der Waals surface area contributed by atoms with Crippen LogP contribution in [0, 0.1) is 11.6 Å². The molecule has 2 nitrogen and oxygen atoms in total. The molecule has 0 spiro atoms. The summed E-state index contributed by atoms with van der Waals surface area (Å²) in [5.74, 6) is -1.24. The lowest BCUT2D eigenvalue weighted by Crippen LogP contribution is -2.24. The van der Waals surface area contributed by atoms with E-state index in [0.29, 0.717) is 5.56 Å². The molecule has 0 aromatic heterocycles. The van der Waals surface area contributed by atoms with Crippen LogP contribution in [-0.2, 0) is 0 Å². The lowest BCUT2D eigenvalue weighted by Gasteiger charge is -2.22. The molecular weight excluding hydrogens is 188 g/mol. The van der Waals surface area contributed by atoms with Crippen LogP contribution in [0.1, 0.15) is 11.6 Å². The highest BCUT2D eigenvalue weighted by molar-refractivity contribution is 5.22. The topological polar surface area (TPSA) is 23.5 Å². The molecule has 0 amide bonds. The van der Waals surface area contributed by atoms with Gasteiger partial charge in [-0.05, 0) is 20.2 Å². The highest BCUT2D eigenvalue weighted by Gasteiger charge is 2.17. The van der Waals surface area contributed by atoms with Gasteiger partial charge in [-0.15, -0.1) is 0 Å². The minimum Gasteiger partial charge on any atom is -0.394 e. The molecule has 4 heteroatoms. The number of likely N-dealkylation sites (N-methyl/N-ethyl adjacent to an activating group) is 1. The highest BCUT2D eigenvalue weighted by Crippen LogP contribution is 2.21. The van der Waals surface area contributed by atoms with Crippen molar-refractivity contribution < 1.29 is 13.9 Å². The molecule has 0 saturated carbocycles. The van der Waals surface area contributed by atoms with Gasteiger partial charge in [-0.2, -0.15) is 0 Å². The van der Waals surface area contributed by atoms with E-state index in [0.717, 1.165) is 6.07 Å². The monoisotopic (exact) mass is 201 g/mol. The zero-order valence-corrected chi connectivity index (χ0v) is 8.17. The second-order valence-electron chi connectivity index (χ2n) is 3.33. The zero-order valence-electron chi connectivity index (χ0n) is 8.17. The number of halogens is 2. The molecular formula is C10H13F2NO. The summed E-state index contributed by atoms with van der Waals surface area (Å²) in [6.07, 6.45) is 0. The first-order valence-corrected chi connectivity index (χ1v) is 4.28. The van der Waals surface area contributed by atoms with Gasteiger partial charge in [0, 0.05) is 11.6 Å². The molecule has 1 rings (SSSR count). The first kappa shape index (κ1) is 11.1. The van der Waals surface area contributed by atoms with Gasteiger partial charge in [0.05, 0.1) is 12.6 Å². The Morgan fingerprint density at radius 2 is 2.00 bits per heavy atom. The Morgan fingerprint density at radius 3 is 2.43 bits per heavy atom. The van der Waals surface area contributed by atoms with Crippen molar-refractivity contribution >= 4 is 0 Å². The van der Waals surface area contributed by atoms with E-state index in [1.807, 2.05) is 0 Å². The van der Waals surface area contributed by atoms with Gasteiger partial charge < -0.3 is 10.0 Å². The van der Waals surface area contributed by atoms with Crippen LogP contribution in [0.25, 0.3) is 0 Å². The third kappa shape index (κ3) is 2.27. The average molecular weight is 201 g/mol. The fourth-order valence-electron chi connectivity index (χ4n) is 1.31. The number of aliphatic hydroxyl groups excluding tert-OH is 1. The maximum Gasteiger partial charge on any atom is 0.130 e. The SMILES string of the molecule is CN(C)[C@@H](CO)c1ccc(F)cc1F. The number of hydrogen-bond donors (Lipinski definition) is 1. The van der Waals surface area contributed by atoms with Gasteiger partial charge in [0.1, 0.15) is 11.6 Å². The predicted molar refractivity (Wildman–Crippen MR) is 49.9 cm³/mol. The molecule has 1 N–H and O–H groups in total. The largest absolute Gasteiger partial charge is 0.394 e. The predicted octanol–water partition coefficient (Wildman–Crippen LogP) is 1.56. The average Bonchev–Trinajstić information content (AvgIpc) is 2.09.